The normalized spacial score (nSPS) is 23.5. The standard InChI is InChI=1S/C16H26N2O/c1-3-4-5-13-6-8-14(9-7-13)15(19)12-16-17-10-11-18(16)2/h10-11,13-14H,3-9,12H2,1-2H3. The van der Waals surface area contributed by atoms with Gasteiger partial charge in [0.2, 0.25) is 0 Å². The highest BCUT2D eigenvalue weighted by Gasteiger charge is 2.26. The number of nitrogens with zero attached hydrogens (tertiary/aromatic N) is 2. The van der Waals surface area contributed by atoms with Crippen molar-refractivity contribution in [1.29, 1.82) is 0 Å². The van der Waals surface area contributed by atoms with Crippen LogP contribution < -0.4 is 0 Å². The topological polar surface area (TPSA) is 34.9 Å². The molecule has 1 fully saturated rings. The Morgan fingerprint density at radius 3 is 2.68 bits per heavy atom. The molecular weight excluding hydrogens is 236 g/mol. The number of unbranched alkanes of at least 4 members (excludes halogenated alkanes) is 1. The number of aromatic nitrogens is 2. The van der Waals surface area contributed by atoms with Crippen molar-refractivity contribution in [3.8, 4) is 0 Å². The molecule has 0 bridgehead atoms. The molecule has 1 saturated carbocycles. The molecule has 0 aromatic carbocycles. The maximum Gasteiger partial charge on any atom is 0.143 e. The van der Waals surface area contributed by atoms with Crippen molar-refractivity contribution in [1.82, 2.24) is 9.55 Å². The lowest BCUT2D eigenvalue weighted by molar-refractivity contribution is -0.123. The molecule has 0 saturated heterocycles. The minimum absolute atomic E-state index is 0.287. The van der Waals surface area contributed by atoms with Crippen LogP contribution in [-0.4, -0.2) is 15.3 Å². The second kappa shape index (κ2) is 6.88. The summed E-state index contributed by atoms with van der Waals surface area (Å²) in [7, 11) is 1.96. The number of hydrogen-bond donors (Lipinski definition) is 0. The summed E-state index contributed by atoms with van der Waals surface area (Å²) in [5, 5.41) is 0. The van der Waals surface area contributed by atoms with Crippen molar-refractivity contribution >= 4 is 5.78 Å². The zero-order chi connectivity index (χ0) is 13.7. The Balaban J connectivity index is 1.78. The summed E-state index contributed by atoms with van der Waals surface area (Å²) in [6.45, 7) is 2.25. The van der Waals surface area contributed by atoms with Gasteiger partial charge in [-0.1, -0.05) is 26.2 Å². The third kappa shape index (κ3) is 3.92. The molecule has 1 aliphatic rings. The molecule has 1 aromatic heterocycles. The van der Waals surface area contributed by atoms with E-state index < -0.39 is 0 Å². The SMILES string of the molecule is CCCCC1CCC(C(=O)Cc2nccn2C)CC1. The van der Waals surface area contributed by atoms with Crippen LogP contribution in [0.5, 0.6) is 0 Å². The quantitative estimate of drug-likeness (QED) is 0.786. The van der Waals surface area contributed by atoms with Gasteiger partial charge in [0.05, 0.1) is 6.42 Å². The van der Waals surface area contributed by atoms with Crippen LogP contribution in [-0.2, 0) is 18.3 Å². The highest BCUT2D eigenvalue weighted by molar-refractivity contribution is 5.82. The van der Waals surface area contributed by atoms with Crippen molar-refractivity contribution in [3.63, 3.8) is 0 Å². The van der Waals surface area contributed by atoms with Crippen molar-refractivity contribution in [2.75, 3.05) is 0 Å². The molecule has 2 rings (SSSR count). The molecule has 1 aliphatic carbocycles. The molecule has 0 amide bonds. The lowest BCUT2D eigenvalue weighted by Gasteiger charge is -2.27. The molecule has 0 aliphatic heterocycles. The third-order valence-corrected chi connectivity index (χ3v) is 4.52. The number of carbonyl (C=O) groups is 1. The summed E-state index contributed by atoms with van der Waals surface area (Å²) in [6, 6.07) is 0. The zero-order valence-electron chi connectivity index (χ0n) is 12.3. The number of aryl methyl sites for hydroxylation is 1. The van der Waals surface area contributed by atoms with E-state index in [2.05, 4.69) is 11.9 Å². The first-order valence-electron chi connectivity index (χ1n) is 7.69. The maximum absolute atomic E-state index is 12.3. The summed E-state index contributed by atoms with van der Waals surface area (Å²) < 4.78 is 1.95. The molecule has 0 radical (unpaired) electrons. The molecule has 1 heterocycles. The summed E-state index contributed by atoms with van der Waals surface area (Å²) >= 11 is 0. The molecule has 3 nitrogen and oxygen atoms in total. The highest BCUT2D eigenvalue weighted by Crippen LogP contribution is 2.32. The Kier molecular flexibility index (Phi) is 5.17. The van der Waals surface area contributed by atoms with E-state index in [9.17, 15) is 4.79 Å². The van der Waals surface area contributed by atoms with Crippen LogP contribution in [0, 0.1) is 11.8 Å². The summed E-state index contributed by atoms with van der Waals surface area (Å²) in [4.78, 5) is 16.5. The van der Waals surface area contributed by atoms with Gasteiger partial charge in [-0.3, -0.25) is 4.79 Å². The van der Waals surface area contributed by atoms with Crippen LogP contribution >= 0.6 is 0 Å². The number of imidazole rings is 1. The summed E-state index contributed by atoms with van der Waals surface area (Å²) in [5.74, 6) is 2.45. The summed E-state index contributed by atoms with van der Waals surface area (Å²) in [6.07, 6.45) is 12.9. The minimum Gasteiger partial charge on any atom is -0.338 e. The van der Waals surface area contributed by atoms with Gasteiger partial charge in [0.15, 0.2) is 0 Å². The maximum atomic E-state index is 12.3. The fourth-order valence-electron chi connectivity index (χ4n) is 3.13. The molecule has 3 heteroatoms. The molecule has 106 valence electrons. The van der Waals surface area contributed by atoms with Gasteiger partial charge in [-0.05, 0) is 31.6 Å². The van der Waals surface area contributed by atoms with E-state index in [1.54, 1.807) is 6.20 Å². The first-order valence-corrected chi connectivity index (χ1v) is 7.69. The number of ketones is 1. The number of Topliss-reactive ketones (excluding diaryl/α,β-unsaturated/α-hetero) is 1. The van der Waals surface area contributed by atoms with Crippen LogP contribution in [0.2, 0.25) is 0 Å². The van der Waals surface area contributed by atoms with Crippen LogP contribution in [0.3, 0.4) is 0 Å². The molecule has 19 heavy (non-hydrogen) atoms. The Bertz CT molecular complexity index is 403. The Hall–Kier alpha value is -1.12. The fraction of sp³-hybridized carbons (Fsp3) is 0.750. The van der Waals surface area contributed by atoms with Crippen molar-refractivity contribution < 1.29 is 4.79 Å². The van der Waals surface area contributed by atoms with Gasteiger partial charge in [0.25, 0.3) is 0 Å². The number of carbonyl (C=O) groups excluding carboxylic acids is 1. The van der Waals surface area contributed by atoms with Crippen molar-refractivity contribution in [2.24, 2.45) is 18.9 Å². The van der Waals surface area contributed by atoms with Crippen LogP contribution in [0.25, 0.3) is 0 Å². The fourth-order valence-corrected chi connectivity index (χ4v) is 3.13. The first-order chi connectivity index (χ1) is 9.20. The summed E-state index contributed by atoms with van der Waals surface area (Å²) in [5.41, 5.74) is 0. The molecular formula is C16H26N2O. The van der Waals surface area contributed by atoms with Gasteiger partial charge < -0.3 is 4.57 Å². The van der Waals surface area contributed by atoms with E-state index in [1.807, 2.05) is 17.8 Å². The van der Waals surface area contributed by atoms with E-state index >= 15 is 0 Å². The average Bonchev–Trinajstić information content (AvgIpc) is 2.82. The van der Waals surface area contributed by atoms with E-state index in [1.165, 1.54) is 32.1 Å². The Morgan fingerprint density at radius 1 is 1.37 bits per heavy atom. The van der Waals surface area contributed by atoms with E-state index in [0.29, 0.717) is 12.2 Å². The lowest BCUT2D eigenvalue weighted by atomic mass is 9.77. The van der Waals surface area contributed by atoms with E-state index in [-0.39, 0.29) is 5.92 Å². The van der Waals surface area contributed by atoms with Gasteiger partial charge in [0, 0.05) is 25.4 Å². The van der Waals surface area contributed by atoms with Crippen molar-refractivity contribution in [3.05, 3.63) is 18.2 Å². The van der Waals surface area contributed by atoms with E-state index in [4.69, 9.17) is 0 Å². The first kappa shape index (κ1) is 14.3. The molecule has 0 spiro atoms. The second-order valence-electron chi connectivity index (χ2n) is 5.96. The smallest absolute Gasteiger partial charge is 0.143 e. The molecule has 0 N–H and O–H groups in total. The van der Waals surface area contributed by atoms with E-state index in [0.717, 1.165) is 24.6 Å². The largest absolute Gasteiger partial charge is 0.338 e. The zero-order valence-corrected chi connectivity index (χ0v) is 12.3. The molecule has 0 unspecified atom stereocenters. The predicted molar refractivity (Wildman–Crippen MR) is 76.9 cm³/mol. The molecule has 0 atom stereocenters. The highest BCUT2D eigenvalue weighted by atomic mass is 16.1. The predicted octanol–water partition coefficient (Wildman–Crippen LogP) is 3.53. The number of hydrogen-bond acceptors (Lipinski definition) is 2. The number of rotatable bonds is 6. The minimum atomic E-state index is 0.287. The molecule has 1 aromatic rings. The van der Waals surface area contributed by atoms with Gasteiger partial charge in [-0.2, -0.15) is 0 Å². The lowest BCUT2D eigenvalue weighted by Crippen LogP contribution is -2.24. The second-order valence-corrected chi connectivity index (χ2v) is 5.96. The van der Waals surface area contributed by atoms with Crippen LogP contribution in [0.1, 0.15) is 57.7 Å². The monoisotopic (exact) mass is 262 g/mol. The third-order valence-electron chi connectivity index (χ3n) is 4.52. The van der Waals surface area contributed by atoms with Crippen molar-refractivity contribution in [2.45, 2.75) is 58.3 Å². The van der Waals surface area contributed by atoms with Gasteiger partial charge >= 0.3 is 0 Å². The van der Waals surface area contributed by atoms with Gasteiger partial charge in [-0.15, -0.1) is 0 Å². The Labute approximate surface area is 116 Å². The van der Waals surface area contributed by atoms with Gasteiger partial charge in [0.1, 0.15) is 11.6 Å². The van der Waals surface area contributed by atoms with Crippen LogP contribution in [0.15, 0.2) is 12.4 Å². The Morgan fingerprint density at radius 2 is 2.11 bits per heavy atom. The average molecular weight is 262 g/mol. The van der Waals surface area contributed by atoms with Gasteiger partial charge in [-0.25, -0.2) is 4.98 Å². The van der Waals surface area contributed by atoms with Crippen LogP contribution in [0.4, 0.5) is 0 Å².